The predicted molar refractivity (Wildman–Crippen MR) is 97.2 cm³/mol. The molecule has 3 rings (SSSR count). The quantitative estimate of drug-likeness (QED) is 0.826. The fraction of sp³-hybridized carbons (Fsp3) is 0.333. The van der Waals surface area contributed by atoms with E-state index in [2.05, 4.69) is 5.32 Å². The highest BCUT2D eigenvalue weighted by molar-refractivity contribution is 5.96. The first-order valence-corrected chi connectivity index (χ1v) is 8.68. The Morgan fingerprint density at radius 3 is 2.44 bits per heavy atom. The van der Waals surface area contributed by atoms with Gasteiger partial charge in [0.15, 0.2) is 0 Å². The van der Waals surface area contributed by atoms with Crippen LogP contribution < -0.4 is 5.32 Å². The molecule has 0 aromatic heterocycles. The van der Waals surface area contributed by atoms with Crippen LogP contribution in [0.5, 0.6) is 0 Å². The standard InChI is InChI=1S/C21H23NO3/c1-14-11-12-15(2)18(13-14)22-20(23)19(16-7-4-3-5-8-16)25-21(24)17-9-6-10-17/h3-5,7-8,11-13,17,19H,6,9-10H2,1-2H3,(H,22,23)/t19-/m1/s1. The first-order chi connectivity index (χ1) is 12.0. The van der Waals surface area contributed by atoms with Crippen LogP contribution in [0.1, 0.15) is 42.1 Å². The number of benzene rings is 2. The number of hydrogen-bond acceptors (Lipinski definition) is 3. The monoisotopic (exact) mass is 337 g/mol. The summed E-state index contributed by atoms with van der Waals surface area (Å²) in [7, 11) is 0. The van der Waals surface area contributed by atoms with Crippen LogP contribution >= 0.6 is 0 Å². The lowest BCUT2D eigenvalue weighted by Crippen LogP contribution is -2.31. The fourth-order valence-electron chi connectivity index (χ4n) is 2.83. The van der Waals surface area contributed by atoms with Crippen LogP contribution in [-0.4, -0.2) is 11.9 Å². The summed E-state index contributed by atoms with van der Waals surface area (Å²) in [6.07, 6.45) is 1.80. The average Bonchev–Trinajstić information content (AvgIpc) is 2.55. The molecular formula is C21H23NO3. The third kappa shape index (κ3) is 4.08. The van der Waals surface area contributed by atoms with Gasteiger partial charge in [0.25, 0.3) is 5.91 Å². The molecule has 0 aliphatic heterocycles. The number of anilines is 1. The van der Waals surface area contributed by atoms with Crippen molar-refractivity contribution >= 4 is 17.6 Å². The molecule has 0 unspecified atom stereocenters. The Kier molecular flexibility index (Phi) is 5.17. The molecule has 1 aliphatic rings. The van der Waals surface area contributed by atoms with Crippen molar-refractivity contribution in [2.75, 3.05) is 5.32 Å². The van der Waals surface area contributed by atoms with Crippen LogP contribution in [-0.2, 0) is 14.3 Å². The molecule has 1 saturated carbocycles. The van der Waals surface area contributed by atoms with Gasteiger partial charge in [-0.2, -0.15) is 0 Å². The lowest BCUT2D eigenvalue weighted by Gasteiger charge is -2.26. The second kappa shape index (κ2) is 7.51. The third-order valence-electron chi connectivity index (χ3n) is 4.66. The van der Waals surface area contributed by atoms with Crippen molar-refractivity contribution < 1.29 is 14.3 Å². The topological polar surface area (TPSA) is 55.4 Å². The number of nitrogens with one attached hydrogen (secondary N) is 1. The van der Waals surface area contributed by atoms with E-state index >= 15 is 0 Å². The van der Waals surface area contributed by atoms with Gasteiger partial charge in [0.1, 0.15) is 0 Å². The van der Waals surface area contributed by atoms with Gasteiger partial charge in [0, 0.05) is 11.3 Å². The first kappa shape index (κ1) is 17.2. The number of hydrogen-bond donors (Lipinski definition) is 1. The number of esters is 1. The predicted octanol–water partition coefficient (Wildman–Crippen LogP) is 4.33. The van der Waals surface area contributed by atoms with Crippen LogP contribution in [0.25, 0.3) is 0 Å². The van der Waals surface area contributed by atoms with E-state index in [0.29, 0.717) is 5.56 Å². The highest BCUT2D eigenvalue weighted by Crippen LogP contribution is 2.30. The Balaban J connectivity index is 1.81. The van der Waals surface area contributed by atoms with Gasteiger partial charge in [-0.05, 0) is 43.9 Å². The number of aryl methyl sites for hydroxylation is 2. The maximum absolute atomic E-state index is 12.9. The molecule has 25 heavy (non-hydrogen) atoms. The number of ether oxygens (including phenoxy) is 1. The van der Waals surface area contributed by atoms with Gasteiger partial charge in [-0.15, -0.1) is 0 Å². The highest BCUT2D eigenvalue weighted by Gasteiger charge is 2.32. The van der Waals surface area contributed by atoms with Gasteiger partial charge >= 0.3 is 5.97 Å². The molecular weight excluding hydrogens is 314 g/mol. The molecule has 1 amide bonds. The van der Waals surface area contributed by atoms with Gasteiger partial charge < -0.3 is 10.1 Å². The molecule has 4 heteroatoms. The zero-order valence-corrected chi connectivity index (χ0v) is 14.6. The molecule has 1 fully saturated rings. The largest absolute Gasteiger partial charge is 0.447 e. The Hall–Kier alpha value is -2.62. The second-order valence-corrected chi connectivity index (χ2v) is 6.66. The molecule has 0 spiro atoms. The smallest absolute Gasteiger partial charge is 0.310 e. The maximum Gasteiger partial charge on any atom is 0.310 e. The van der Waals surface area contributed by atoms with Gasteiger partial charge in [-0.1, -0.05) is 48.9 Å². The molecule has 1 N–H and O–H groups in total. The van der Waals surface area contributed by atoms with Gasteiger partial charge in [0.05, 0.1) is 5.92 Å². The summed E-state index contributed by atoms with van der Waals surface area (Å²) in [6, 6.07) is 15.0. The highest BCUT2D eigenvalue weighted by atomic mass is 16.5. The van der Waals surface area contributed by atoms with E-state index in [1.54, 1.807) is 12.1 Å². The summed E-state index contributed by atoms with van der Waals surface area (Å²) < 4.78 is 5.59. The third-order valence-corrected chi connectivity index (χ3v) is 4.66. The molecule has 0 bridgehead atoms. The molecule has 2 aromatic rings. The molecule has 0 heterocycles. The van der Waals surface area contributed by atoms with Crippen molar-refractivity contribution in [2.24, 2.45) is 5.92 Å². The minimum Gasteiger partial charge on any atom is -0.447 e. The molecule has 0 radical (unpaired) electrons. The van der Waals surface area contributed by atoms with Gasteiger partial charge in [-0.3, -0.25) is 9.59 Å². The van der Waals surface area contributed by atoms with Crippen LogP contribution in [0.3, 0.4) is 0 Å². The van der Waals surface area contributed by atoms with Gasteiger partial charge in [-0.25, -0.2) is 0 Å². The minimum absolute atomic E-state index is 0.0697. The summed E-state index contributed by atoms with van der Waals surface area (Å²) in [5.41, 5.74) is 3.45. The van der Waals surface area contributed by atoms with Crippen molar-refractivity contribution in [3.05, 3.63) is 65.2 Å². The van der Waals surface area contributed by atoms with E-state index in [1.165, 1.54) is 0 Å². The van der Waals surface area contributed by atoms with Crippen molar-refractivity contribution in [1.29, 1.82) is 0 Å². The number of carbonyl (C=O) groups is 2. The van der Waals surface area contributed by atoms with E-state index in [0.717, 1.165) is 36.1 Å². The zero-order valence-electron chi connectivity index (χ0n) is 14.6. The number of amides is 1. The second-order valence-electron chi connectivity index (χ2n) is 6.66. The van der Waals surface area contributed by atoms with E-state index in [-0.39, 0.29) is 17.8 Å². The zero-order chi connectivity index (χ0) is 17.8. The maximum atomic E-state index is 12.9. The number of rotatable bonds is 5. The average molecular weight is 337 g/mol. The summed E-state index contributed by atoms with van der Waals surface area (Å²) in [5, 5.41) is 2.91. The van der Waals surface area contributed by atoms with Crippen molar-refractivity contribution in [3.8, 4) is 0 Å². The van der Waals surface area contributed by atoms with E-state index in [9.17, 15) is 9.59 Å². The number of carbonyl (C=O) groups excluding carboxylic acids is 2. The van der Waals surface area contributed by atoms with E-state index < -0.39 is 6.10 Å². The Labute approximate surface area is 148 Å². The van der Waals surface area contributed by atoms with Crippen LogP contribution in [0.4, 0.5) is 5.69 Å². The summed E-state index contributed by atoms with van der Waals surface area (Å²) in [6.45, 7) is 3.91. The SMILES string of the molecule is Cc1ccc(C)c(NC(=O)[C@H](OC(=O)C2CCC2)c2ccccc2)c1. The van der Waals surface area contributed by atoms with Crippen molar-refractivity contribution in [2.45, 2.75) is 39.2 Å². The van der Waals surface area contributed by atoms with Crippen molar-refractivity contribution in [1.82, 2.24) is 0 Å². The Morgan fingerprint density at radius 1 is 1.08 bits per heavy atom. The Morgan fingerprint density at radius 2 is 1.80 bits per heavy atom. The first-order valence-electron chi connectivity index (χ1n) is 8.68. The fourth-order valence-corrected chi connectivity index (χ4v) is 2.83. The van der Waals surface area contributed by atoms with E-state index in [1.807, 2.05) is 50.2 Å². The molecule has 130 valence electrons. The van der Waals surface area contributed by atoms with Crippen molar-refractivity contribution in [3.63, 3.8) is 0 Å². The van der Waals surface area contributed by atoms with E-state index in [4.69, 9.17) is 4.74 Å². The van der Waals surface area contributed by atoms with Crippen LogP contribution in [0.2, 0.25) is 0 Å². The summed E-state index contributed by atoms with van der Waals surface area (Å²) in [5.74, 6) is -0.677. The van der Waals surface area contributed by atoms with Crippen LogP contribution in [0.15, 0.2) is 48.5 Å². The molecule has 1 atom stereocenters. The normalized spacial score (nSPS) is 15.1. The molecule has 1 aliphatic carbocycles. The molecule has 4 nitrogen and oxygen atoms in total. The summed E-state index contributed by atoms with van der Waals surface area (Å²) >= 11 is 0. The molecule has 0 saturated heterocycles. The Bertz CT molecular complexity index is 766. The lowest BCUT2D eigenvalue weighted by atomic mass is 9.85. The van der Waals surface area contributed by atoms with Gasteiger partial charge in [0.2, 0.25) is 6.10 Å². The minimum atomic E-state index is -0.936. The lowest BCUT2D eigenvalue weighted by molar-refractivity contribution is -0.161. The summed E-state index contributed by atoms with van der Waals surface area (Å²) in [4.78, 5) is 25.1. The molecule has 2 aromatic carbocycles. The van der Waals surface area contributed by atoms with Crippen LogP contribution in [0, 0.1) is 19.8 Å².